The van der Waals surface area contributed by atoms with Crippen LogP contribution in [-0.2, 0) is 42.9 Å². The van der Waals surface area contributed by atoms with Crippen LogP contribution >= 0.6 is 0 Å². The molecule has 4 N–H and O–H groups in total. The molecule has 20 heteroatoms. The van der Waals surface area contributed by atoms with Crippen LogP contribution in [-0.4, -0.2) is 143 Å². The van der Waals surface area contributed by atoms with Crippen molar-refractivity contribution in [3.05, 3.63) is 203 Å². The van der Waals surface area contributed by atoms with E-state index in [9.17, 15) is 32.4 Å². The van der Waals surface area contributed by atoms with Gasteiger partial charge in [0.2, 0.25) is 11.8 Å². The van der Waals surface area contributed by atoms with Gasteiger partial charge in [-0.2, -0.15) is 8.42 Å². The van der Waals surface area contributed by atoms with Crippen molar-refractivity contribution >= 4 is 63.1 Å². The van der Waals surface area contributed by atoms with Crippen molar-refractivity contribution in [2.24, 2.45) is 0 Å². The summed E-state index contributed by atoms with van der Waals surface area (Å²) in [5.41, 5.74) is 5.49. The fourth-order valence-electron chi connectivity index (χ4n) is 9.62. The first kappa shape index (κ1) is 58.6. The Morgan fingerprint density at radius 3 is 1.32 bits per heavy atom. The Balaban J connectivity index is 0.000000218. The fourth-order valence-corrected chi connectivity index (χ4v) is 10.0. The van der Waals surface area contributed by atoms with E-state index in [2.05, 4.69) is 20.4 Å². The number of amides is 4. The van der Waals surface area contributed by atoms with E-state index in [0.717, 1.165) is 54.7 Å². The number of piperazine rings is 1. The van der Waals surface area contributed by atoms with E-state index in [1.807, 2.05) is 135 Å². The molecule has 422 valence electrons. The standard InChI is InChI=1S/C35H41N5O5.C26H25N3O6S/c1-25(2)44-31(41)17-18-38-19-21-39(22-20-38)23-30-24-40(35(43)45-30)29-15-13-28(14-16-29)33(36)37-34(42)32(26-9-5-3-6-10-26)27-11-7-4-8-12-27;1-36(32,33)34-17-22-16-29(26(31)35-22)21-14-12-20(13-15-21)24(27)28-25(30)23(18-8-4-2-5-9-18)19-10-6-3-7-11-19/h3-16,25,30,32H,17-24H2,1-2H3,(H2,36,37,42);2-15,22-23H,16-17H2,1H3,(H2,27,28,30). The maximum Gasteiger partial charge on any atom is 0.414 e. The lowest BCUT2D eigenvalue weighted by Crippen LogP contribution is -2.49. The number of cyclic esters (lactones) is 2. The minimum absolute atomic E-state index is 0.0127. The Kier molecular flexibility index (Phi) is 19.9. The first-order chi connectivity index (χ1) is 39.0. The molecule has 0 spiro atoms. The summed E-state index contributed by atoms with van der Waals surface area (Å²) in [6.07, 6.45) is -0.780. The molecule has 3 aliphatic heterocycles. The van der Waals surface area contributed by atoms with Gasteiger partial charge in [-0.1, -0.05) is 121 Å². The first-order valence-electron chi connectivity index (χ1n) is 26.6. The van der Waals surface area contributed by atoms with E-state index in [0.29, 0.717) is 48.6 Å². The molecule has 4 amide bonds. The molecular weight excluding hydrogens is 1050 g/mol. The van der Waals surface area contributed by atoms with Gasteiger partial charge < -0.3 is 29.7 Å². The molecule has 0 bridgehead atoms. The van der Waals surface area contributed by atoms with E-state index in [-0.39, 0.29) is 54.8 Å². The van der Waals surface area contributed by atoms with Crippen molar-refractivity contribution in [2.75, 3.05) is 75.0 Å². The van der Waals surface area contributed by atoms with Crippen molar-refractivity contribution < 1.29 is 50.8 Å². The lowest BCUT2D eigenvalue weighted by Gasteiger charge is -2.35. The summed E-state index contributed by atoms with van der Waals surface area (Å²) in [4.78, 5) is 71.0. The molecule has 2 unspecified atom stereocenters. The smallest absolute Gasteiger partial charge is 0.414 e. The van der Waals surface area contributed by atoms with Gasteiger partial charge in [-0.15, -0.1) is 0 Å². The molecule has 0 aromatic heterocycles. The Morgan fingerprint density at radius 1 is 0.568 bits per heavy atom. The number of anilines is 2. The first-order valence-corrected chi connectivity index (χ1v) is 28.4. The van der Waals surface area contributed by atoms with Gasteiger partial charge in [0.15, 0.2) is 0 Å². The van der Waals surface area contributed by atoms with Crippen LogP contribution in [0.1, 0.15) is 65.5 Å². The van der Waals surface area contributed by atoms with Crippen LogP contribution in [0, 0.1) is 10.8 Å². The number of carbonyl (C=O) groups excluding carboxylic acids is 5. The molecular formula is C61H66N8O11S. The normalized spacial score (nSPS) is 16.6. The fraction of sp³-hybridized carbons (Fsp3) is 0.295. The van der Waals surface area contributed by atoms with Gasteiger partial charge in [0, 0.05) is 61.8 Å². The number of ether oxygens (including phenoxy) is 3. The van der Waals surface area contributed by atoms with Crippen LogP contribution in [0.15, 0.2) is 170 Å². The van der Waals surface area contributed by atoms with Gasteiger partial charge in [0.05, 0.1) is 43.7 Å². The number of hydrogen-bond donors (Lipinski definition) is 4. The lowest BCUT2D eigenvalue weighted by atomic mass is 9.90. The average molecular weight is 1120 g/mol. The summed E-state index contributed by atoms with van der Waals surface area (Å²) < 4.78 is 43.1. The Hall–Kier alpha value is -8.56. The van der Waals surface area contributed by atoms with Crippen LogP contribution < -0.4 is 20.4 Å². The summed E-state index contributed by atoms with van der Waals surface area (Å²) in [6.45, 7) is 8.70. The molecule has 3 fully saturated rings. The molecule has 0 saturated carbocycles. The van der Waals surface area contributed by atoms with Crippen LogP contribution in [0.4, 0.5) is 21.0 Å². The Bertz CT molecular complexity index is 3160. The molecule has 3 heterocycles. The molecule has 81 heavy (non-hydrogen) atoms. The van der Waals surface area contributed by atoms with Gasteiger partial charge >= 0.3 is 18.2 Å². The number of esters is 1. The second-order valence-corrected chi connectivity index (χ2v) is 21.6. The predicted molar refractivity (Wildman–Crippen MR) is 307 cm³/mol. The third-order valence-corrected chi connectivity index (χ3v) is 14.2. The zero-order chi connectivity index (χ0) is 57.5. The number of benzene rings is 6. The third kappa shape index (κ3) is 16.5. The molecule has 0 aliphatic carbocycles. The highest BCUT2D eigenvalue weighted by molar-refractivity contribution is 7.86. The van der Waals surface area contributed by atoms with Gasteiger partial charge in [0.25, 0.3) is 10.1 Å². The largest absolute Gasteiger partial charge is 0.463 e. The summed E-state index contributed by atoms with van der Waals surface area (Å²) in [5.74, 6) is -2.02. The van der Waals surface area contributed by atoms with Crippen molar-refractivity contribution in [2.45, 2.75) is 50.4 Å². The molecule has 3 aliphatic rings. The van der Waals surface area contributed by atoms with E-state index >= 15 is 0 Å². The molecule has 6 aromatic carbocycles. The van der Waals surface area contributed by atoms with Crippen molar-refractivity contribution in [3.8, 4) is 0 Å². The van der Waals surface area contributed by atoms with Gasteiger partial charge in [-0.3, -0.25) is 44.1 Å². The quantitative estimate of drug-likeness (QED) is 0.0202. The maximum absolute atomic E-state index is 13.4. The minimum Gasteiger partial charge on any atom is -0.463 e. The summed E-state index contributed by atoms with van der Waals surface area (Å²) in [7, 11) is -3.65. The van der Waals surface area contributed by atoms with E-state index in [4.69, 9.17) is 29.2 Å². The second-order valence-electron chi connectivity index (χ2n) is 20.0. The highest BCUT2D eigenvalue weighted by atomic mass is 32.2. The number of amidine groups is 2. The number of nitrogens with one attached hydrogen (secondary N) is 4. The lowest BCUT2D eigenvalue weighted by molar-refractivity contribution is -0.147. The van der Waals surface area contributed by atoms with Gasteiger partial charge in [0.1, 0.15) is 30.5 Å². The summed E-state index contributed by atoms with van der Waals surface area (Å²) in [6, 6.07) is 51.2. The second kappa shape index (κ2) is 27.5. The average Bonchev–Trinajstić information content (AvgIpc) is 4.05. The van der Waals surface area contributed by atoms with E-state index in [1.165, 1.54) is 4.90 Å². The highest BCUT2D eigenvalue weighted by Gasteiger charge is 2.36. The van der Waals surface area contributed by atoms with Crippen molar-refractivity contribution in [3.63, 3.8) is 0 Å². The van der Waals surface area contributed by atoms with E-state index < -0.39 is 40.2 Å². The predicted octanol–water partition coefficient (Wildman–Crippen LogP) is 7.51. The zero-order valence-electron chi connectivity index (χ0n) is 45.3. The molecule has 0 radical (unpaired) electrons. The van der Waals surface area contributed by atoms with Crippen molar-refractivity contribution in [1.29, 1.82) is 10.8 Å². The molecule has 2 atom stereocenters. The Labute approximate surface area is 471 Å². The van der Waals surface area contributed by atoms with Crippen molar-refractivity contribution in [1.82, 2.24) is 20.4 Å². The number of hydrogen-bond acceptors (Lipinski definition) is 15. The molecule has 3 saturated heterocycles. The summed E-state index contributed by atoms with van der Waals surface area (Å²) >= 11 is 0. The molecule has 6 aromatic rings. The highest BCUT2D eigenvalue weighted by Crippen LogP contribution is 2.28. The SMILES string of the molecule is CC(C)OC(=O)CCN1CCN(CC2CN(c3ccc(C(=N)NC(=O)C(c4ccccc4)c4ccccc4)cc3)C(=O)O2)CC1.CS(=O)(=O)OCC1CN(c2ccc(C(=N)NC(=O)C(c3ccccc3)c3ccccc3)cc2)C(=O)O1. The number of rotatable bonds is 19. The van der Waals surface area contributed by atoms with Gasteiger partial charge in [-0.05, 0) is 84.6 Å². The minimum atomic E-state index is -3.65. The third-order valence-electron chi connectivity index (χ3n) is 13.6. The van der Waals surface area contributed by atoms with Crippen LogP contribution in [0.3, 0.4) is 0 Å². The maximum atomic E-state index is 13.4. The number of nitrogens with zero attached hydrogens (tertiary/aromatic N) is 4. The summed E-state index contributed by atoms with van der Waals surface area (Å²) in [5, 5.41) is 22.5. The van der Waals surface area contributed by atoms with Crippen LogP contribution in [0.2, 0.25) is 0 Å². The van der Waals surface area contributed by atoms with Crippen LogP contribution in [0.5, 0.6) is 0 Å². The molecule has 19 nitrogen and oxygen atoms in total. The molecule has 9 rings (SSSR count). The zero-order valence-corrected chi connectivity index (χ0v) is 46.1. The van der Waals surface area contributed by atoms with E-state index in [1.54, 1.807) is 53.4 Å². The number of carbonyl (C=O) groups is 5. The van der Waals surface area contributed by atoms with Gasteiger partial charge in [-0.25, -0.2) is 9.59 Å². The monoisotopic (exact) mass is 1120 g/mol. The topological polar surface area (TPSA) is 241 Å². The van der Waals surface area contributed by atoms with Crippen LogP contribution in [0.25, 0.3) is 0 Å². The Morgan fingerprint density at radius 2 is 0.938 bits per heavy atom.